The predicted octanol–water partition coefficient (Wildman–Crippen LogP) is 2.38. The summed E-state index contributed by atoms with van der Waals surface area (Å²) in [5, 5.41) is 3.56. The molecular formula is C15H21N3O. The highest BCUT2D eigenvalue weighted by Crippen LogP contribution is 2.45. The highest BCUT2D eigenvalue weighted by Gasteiger charge is 2.41. The fourth-order valence-electron chi connectivity index (χ4n) is 2.57. The molecule has 4 heteroatoms. The van der Waals surface area contributed by atoms with E-state index in [1.165, 1.54) is 25.7 Å². The van der Waals surface area contributed by atoms with Crippen molar-refractivity contribution in [3.05, 3.63) is 23.9 Å². The van der Waals surface area contributed by atoms with Crippen molar-refractivity contribution in [3.63, 3.8) is 0 Å². The van der Waals surface area contributed by atoms with Crippen LogP contribution in [0.3, 0.4) is 0 Å². The third-order valence-electron chi connectivity index (χ3n) is 3.99. The number of carbonyl (C=O) groups excluding carboxylic acids is 1. The van der Waals surface area contributed by atoms with Gasteiger partial charge >= 0.3 is 0 Å². The van der Waals surface area contributed by atoms with Crippen molar-refractivity contribution < 1.29 is 4.79 Å². The van der Waals surface area contributed by atoms with Crippen LogP contribution in [0.2, 0.25) is 0 Å². The molecule has 1 aromatic heterocycles. The van der Waals surface area contributed by atoms with Crippen LogP contribution in [-0.2, 0) is 0 Å². The lowest BCUT2D eigenvalue weighted by Gasteiger charge is -2.18. The van der Waals surface area contributed by atoms with Crippen LogP contribution in [0, 0.1) is 11.8 Å². The van der Waals surface area contributed by atoms with Crippen LogP contribution in [0.5, 0.6) is 0 Å². The molecule has 0 unspecified atom stereocenters. The first kappa shape index (κ1) is 12.5. The van der Waals surface area contributed by atoms with Gasteiger partial charge in [-0.15, -0.1) is 0 Å². The number of hydrogen-bond donors (Lipinski definition) is 1. The average molecular weight is 259 g/mol. The minimum atomic E-state index is -0.0000131. The zero-order chi connectivity index (χ0) is 13.4. The van der Waals surface area contributed by atoms with Crippen LogP contribution in [0.15, 0.2) is 18.3 Å². The van der Waals surface area contributed by atoms with E-state index in [2.05, 4.69) is 10.3 Å². The summed E-state index contributed by atoms with van der Waals surface area (Å²) in [6, 6.07) is 4.38. The first-order valence-corrected chi connectivity index (χ1v) is 7.09. The summed E-state index contributed by atoms with van der Waals surface area (Å²) in [7, 11) is 3.51. The number of carbonyl (C=O) groups is 1. The van der Waals surface area contributed by atoms with Gasteiger partial charge in [0.05, 0.1) is 5.56 Å². The molecule has 19 heavy (non-hydrogen) atoms. The van der Waals surface area contributed by atoms with E-state index in [4.69, 9.17) is 0 Å². The normalized spacial score (nSPS) is 18.5. The van der Waals surface area contributed by atoms with E-state index in [0.29, 0.717) is 11.6 Å². The minimum Gasteiger partial charge on any atom is -0.367 e. The summed E-state index contributed by atoms with van der Waals surface area (Å²) >= 11 is 0. The Morgan fingerprint density at radius 2 is 1.89 bits per heavy atom. The van der Waals surface area contributed by atoms with Crippen molar-refractivity contribution in [1.29, 1.82) is 0 Å². The van der Waals surface area contributed by atoms with E-state index in [9.17, 15) is 4.79 Å². The summed E-state index contributed by atoms with van der Waals surface area (Å²) in [6.45, 7) is 0. The van der Waals surface area contributed by atoms with Crippen LogP contribution in [-0.4, -0.2) is 35.9 Å². The van der Waals surface area contributed by atoms with Gasteiger partial charge in [0.1, 0.15) is 5.82 Å². The Bertz CT molecular complexity index is 449. The van der Waals surface area contributed by atoms with Gasteiger partial charge in [0.15, 0.2) is 0 Å². The van der Waals surface area contributed by atoms with Crippen molar-refractivity contribution in [1.82, 2.24) is 9.88 Å². The van der Waals surface area contributed by atoms with E-state index in [0.717, 1.165) is 17.7 Å². The fraction of sp³-hybridized carbons (Fsp3) is 0.600. The molecule has 0 saturated heterocycles. The maximum absolute atomic E-state index is 11.8. The molecule has 1 heterocycles. The minimum absolute atomic E-state index is 0.0000131. The first-order valence-electron chi connectivity index (χ1n) is 7.09. The molecule has 0 bridgehead atoms. The van der Waals surface area contributed by atoms with E-state index >= 15 is 0 Å². The van der Waals surface area contributed by atoms with E-state index in [1.54, 1.807) is 25.2 Å². The van der Waals surface area contributed by atoms with Crippen molar-refractivity contribution >= 4 is 11.7 Å². The lowest BCUT2D eigenvalue weighted by molar-refractivity contribution is 0.0827. The summed E-state index contributed by atoms with van der Waals surface area (Å²) in [6.07, 6.45) is 7.08. The van der Waals surface area contributed by atoms with Gasteiger partial charge in [-0.3, -0.25) is 4.79 Å². The Kier molecular flexibility index (Phi) is 3.17. The summed E-state index contributed by atoms with van der Waals surface area (Å²) in [5.41, 5.74) is 0.643. The highest BCUT2D eigenvalue weighted by atomic mass is 16.2. The van der Waals surface area contributed by atoms with Gasteiger partial charge in [-0.1, -0.05) is 0 Å². The molecule has 102 valence electrons. The van der Waals surface area contributed by atoms with E-state index < -0.39 is 0 Å². The second-order valence-electron chi connectivity index (χ2n) is 5.98. The molecule has 1 N–H and O–H groups in total. The molecule has 2 aliphatic carbocycles. The second-order valence-corrected chi connectivity index (χ2v) is 5.98. The van der Waals surface area contributed by atoms with E-state index in [1.807, 2.05) is 12.1 Å². The molecule has 2 fully saturated rings. The zero-order valence-corrected chi connectivity index (χ0v) is 11.6. The lowest BCUT2D eigenvalue weighted by atomic mass is 10.1. The maximum Gasteiger partial charge on any atom is 0.254 e. The van der Waals surface area contributed by atoms with Crippen LogP contribution < -0.4 is 5.32 Å². The first-order chi connectivity index (χ1) is 9.15. The Labute approximate surface area is 114 Å². The Morgan fingerprint density at radius 3 is 2.32 bits per heavy atom. The van der Waals surface area contributed by atoms with Gasteiger partial charge in [-0.25, -0.2) is 4.98 Å². The van der Waals surface area contributed by atoms with Gasteiger partial charge in [0, 0.05) is 26.3 Å². The lowest BCUT2D eigenvalue weighted by Crippen LogP contribution is -2.25. The molecule has 3 rings (SSSR count). The maximum atomic E-state index is 11.8. The quantitative estimate of drug-likeness (QED) is 0.883. The van der Waals surface area contributed by atoms with Crippen LogP contribution >= 0.6 is 0 Å². The number of anilines is 1. The number of amides is 1. The smallest absolute Gasteiger partial charge is 0.254 e. The third-order valence-corrected chi connectivity index (χ3v) is 3.99. The van der Waals surface area contributed by atoms with Gasteiger partial charge in [-0.05, 0) is 49.7 Å². The molecule has 4 nitrogen and oxygen atoms in total. The summed E-state index contributed by atoms with van der Waals surface area (Å²) in [4.78, 5) is 17.7. The third kappa shape index (κ3) is 2.88. The molecule has 1 aromatic rings. The number of nitrogens with one attached hydrogen (secondary N) is 1. The highest BCUT2D eigenvalue weighted by molar-refractivity contribution is 5.93. The standard InChI is InChI=1S/C15H21N3O/c1-18(2)15(19)12-7-8-13(16-9-12)17-14(10-3-4-10)11-5-6-11/h7-11,14H,3-6H2,1-2H3,(H,16,17). The summed E-state index contributed by atoms with van der Waals surface area (Å²) in [5.74, 6) is 2.59. The number of hydrogen-bond acceptors (Lipinski definition) is 3. The Balaban J connectivity index is 1.66. The van der Waals surface area contributed by atoms with Crippen molar-refractivity contribution in [3.8, 4) is 0 Å². The van der Waals surface area contributed by atoms with Gasteiger partial charge in [0.2, 0.25) is 0 Å². The Morgan fingerprint density at radius 1 is 1.26 bits per heavy atom. The van der Waals surface area contributed by atoms with Gasteiger partial charge in [-0.2, -0.15) is 0 Å². The molecule has 0 radical (unpaired) electrons. The van der Waals surface area contributed by atoms with Crippen LogP contribution in [0.25, 0.3) is 0 Å². The number of nitrogens with zero attached hydrogens (tertiary/aromatic N) is 2. The molecule has 0 aliphatic heterocycles. The molecular weight excluding hydrogens is 238 g/mol. The predicted molar refractivity (Wildman–Crippen MR) is 75.1 cm³/mol. The Hall–Kier alpha value is -1.58. The largest absolute Gasteiger partial charge is 0.367 e. The molecule has 0 aromatic carbocycles. The fourth-order valence-corrected chi connectivity index (χ4v) is 2.57. The molecule has 2 saturated carbocycles. The van der Waals surface area contributed by atoms with E-state index in [-0.39, 0.29) is 5.91 Å². The number of aromatic nitrogens is 1. The SMILES string of the molecule is CN(C)C(=O)c1ccc(NC(C2CC2)C2CC2)nc1. The number of rotatable bonds is 5. The average Bonchev–Trinajstić information content (AvgIpc) is 3.29. The topological polar surface area (TPSA) is 45.2 Å². The number of pyridine rings is 1. The molecule has 1 amide bonds. The zero-order valence-electron chi connectivity index (χ0n) is 11.6. The molecule has 0 atom stereocenters. The van der Waals surface area contributed by atoms with Crippen LogP contribution in [0.1, 0.15) is 36.0 Å². The monoisotopic (exact) mass is 259 g/mol. The molecule has 2 aliphatic rings. The van der Waals surface area contributed by atoms with Gasteiger partial charge in [0.25, 0.3) is 5.91 Å². The molecule has 0 spiro atoms. The van der Waals surface area contributed by atoms with Gasteiger partial charge < -0.3 is 10.2 Å². The van der Waals surface area contributed by atoms with Crippen LogP contribution in [0.4, 0.5) is 5.82 Å². The second kappa shape index (κ2) is 4.83. The van der Waals surface area contributed by atoms with Crippen molar-refractivity contribution in [2.75, 3.05) is 19.4 Å². The van der Waals surface area contributed by atoms with Crippen molar-refractivity contribution in [2.45, 2.75) is 31.7 Å². The summed E-state index contributed by atoms with van der Waals surface area (Å²) < 4.78 is 0. The van der Waals surface area contributed by atoms with Crippen molar-refractivity contribution in [2.24, 2.45) is 11.8 Å².